The smallest absolute Gasteiger partial charge is 0.433 e. The normalized spacial score (nSPS) is 11.3. The summed E-state index contributed by atoms with van der Waals surface area (Å²) in [6.07, 6.45) is -2.17. The summed E-state index contributed by atoms with van der Waals surface area (Å²) in [7, 11) is 2.50. The van der Waals surface area contributed by atoms with Crippen molar-refractivity contribution < 1.29 is 22.7 Å². The molecule has 112 valence electrons. The van der Waals surface area contributed by atoms with E-state index in [0.717, 1.165) is 13.1 Å². The van der Waals surface area contributed by atoms with Crippen LogP contribution in [-0.4, -0.2) is 32.8 Å². The summed E-state index contributed by atoms with van der Waals surface area (Å²) >= 11 is 0. The summed E-state index contributed by atoms with van der Waals surface area (Å²) in [5.41, 5.74) is -0.904. The first kappa shape index (κ1) is 14.8. The van der Waals surface area contributed by atoms with Gasteiger partial charge < -0.3 is 10.1 Å². The Morgan fingerprint density at radius 1 is 1.33 bits per heavy atom. The molecule has 21 heavy (non-hydrogen) atoms. The van der Waals surface area contributed by atoms with E-state index in [9.17, 15) is 18.0 Å². The van der Waals surface area contributed by atoms with Gasteiger partial charge in [0.1, 0.15) is 5.69 Å². The Morgan fingerprint density at radius 2 is 1.95 bits per heavy atom. The first-order valence-corrected chi connectivity index (χ1v) is 5.60. The van der Waals surface area contributed by atoms with E-state index in [2.05, 4.69) is 20.4 Å². The number of alkyl halides is 3. The molecule has 2 aromatic rings. The standard InChI is InChI=1S/C11H10F3N5O2/c1-19-7(11(12,13)14)3-8(18-19)17-9(20)6-4-15-10(21-2)16-5-6/h3-5H,1-2H3,(H,17,18,20). The second-order valence-corrected chi connectivity index (χ2v) is 3.95. The number of carbonyl (C=O) groups excluding carboxylic acids is 1. The third-order valence-corrected chi connectivity index (χ3v) is 2.48. The van der Waals surface area contributed by atoms with Crippen molar-refractivity contribution >= 4 is 11.7 Å². The molecule has 0 radical (unpaired) electrons. The van der Waals surface area contributed by atoms with Crippen molar-refractivity contribution in [3.63, 3.8) is 0 Å². The summed E-state index contributed by atoms with van der Waals surface area (Å²) in [5.74, 6) is -0.893. The fraction of sp³-hybridized carbons (Fsp3) is 0.273. The van der Waals surface area contributed by atoms with Gasteiger partial charge in [-0.25, -0.2) is 9.97 Å². The predicted molar refractivity (Wildman–Crippen MR) is 64.7 cm³/mol. The van der Waals surface area contributed by atoms with Crippen molar-refractivity contribution in [2.75, 3.05) is 12.4 Å². The third-order valence-electron chi connectivity index (χ3n) is 2.48. The van der Waals surface area contributed by atoms with Crippen LogP contribution in [0, 0.1) is 0 Å². The van der Waals surface area contributed by atoms with Crippen molar-refractivity contribution in [1.29, 1.82) is 0 Å². The van der Waals surface area contributed by atoms with Gasteiger partial charge in [-0.15, -0.1) is 0 Å². The van der Waals surface area contributed by atoms with Crippen molar-refractivity contribution in [2.24, 2.45) is 7.05 Å². The minimum absolute atomic E-state index is 0.0648. The van der Waals surface area contributed by atoms with E-state index in [0.29, 0.717) is 4.68 Å². The van der Waals surface area contributed by atoms with E-state index < -0.39 is 17.8 Å². The zero-order valence-electron chi connectivity index (χ0n) is 11.0. The third kappa shape index (κ3) is 3.27. The fourth-order valence-corrected chi connectivity index (χ4v) is 1.52. The van der Waals surface area contributed by atoms with Gasteiger partial charge in [-0.2, -0.15) is 18.3 Å². The van der Waals surface area contributed by atoms with Crippen LogP contribution >= 0.6 is 0 Å². The van der Waals surface area contributed by atoms with Gasteiger partial charge in [0.2, 0.25) is 0 Å². The maximum atomic E-state index is 12.6. The van der Waals surface area contributed by atoms with Crippen molar-refractivity contribution in [3.8, 4) is 6.01 Å². The molecule has 0 spiro atoms. The predicted octanol–water partition coefficient (Wildman–Crippen LogP) is 1.49. The number of anilines is 1. The average Bonchev–Trinajstić information content (AvgIpc) is 2.79. The van der Waals surface area contributed by atoms with Gasteiger partial charge in [-0.1, -0.05) is 0 Å². The SMILES string of the molecule is COc1ncc(C(=O)Nc2cc(C(F)(F)F)n(C)n2)cn1. The lowest BCUT2D eigenvalue weighted by Gasteiger charge is -2.04. The number of rotatable bonds is 3. The van der Waals surface area contributed by atoms with Gasteiger partial charge in [0, 0.05) is 25.5 Å². The van der Waals surface area contributed by atoms with E-state index in [-0.39, 0.29) is 17.4 Å². The van der Waals surface area contributed by atoms with Gasteiger partial charge in [-0.3, -0.25) is 9.48 Å². The molecule has 7 nitrogen and oxygen atoms in total. The van der Waals surface area contributed by atoms with E-state index in [1.165, 1.54) is 19.5 Å². The number of carbonyl (C=O) groups is 1. The number of ether oxygens (including phenoxy) is 1. The van der Waals surface area contributed by atoms with Crippen LogP contribution in [0.1, 0.15) is 16.1 Å². The number of nitrogens with one attached hydrogen (secondary N) is 1. The first-order valence-electron chi connectivity index (χ1n) is 5.60. The van der Waals surface area contributed by atoms with Crippen LogP contribution in [0.25, 0.3) is 0 Å². The Hall–Kier alpha value is -2.65. The van der Waals surface area contributed by atoms with Crippen LogP contribution in [0.2, 0.25) is 0 Å². The molecule has 0 aliphatic rings. The van der Waals surface area contributed by atoms with E-state index in [1.54, 1.807) is 0 Å². The van der Waals surface area contributed by atoms with Crippen LogP contribution < -0.4 is 10.1 Å². The lowest BCUT2D eigenvalue weighted by molar-refractivity contribution is -0.143. The highest BCUT2D eigenvalue weighted by Gasteiger charge is 2.35. The molecule has 1 N–H and O–H groups in total. The highest BCUT2D eigenvalue weighted by Crippen LogP contribution is 2.30. The molecule has 2 heterocycles. The number of hydrogen-bond donors (Lipinski definition) is 1. The monoisotopic (exact) mass is 301 g/mol. The number of halogens is 3. The van der Waals surface area contributed by atoms with Crippen LogP contribution in [0.4, 0.5) is 19.0 Å². The maximum Gasteiger partial charge on any atom is 0.433 e. The zero-order valence-corrected chi connectivity index (χ0v) is 11.0. The number of methoxy groups -OCH3 is 1. The number of nitrogens with zero attached hydrogens (tertiary/aromatic N) is 4. The summed E-state index contributed by atoms with van der Waals surface area (Å²) in [4.78, 5) is 19.3. The first-order chi connectivity index (χ1) is 9.81. The Balaban J connectivity index is 2.16. The average molecular weight is 301 g/mol. The van der Waals surface area contributed by atoms with Crippen LogP contribution in [-0.2, 0) is 13.2 Å². The van der Waals surface area contributed by atoms with E-state index in [4.69, 9.17) is 4.74 Å². The maximum absolute atomic E-state index is 12.6. The Labute approximate surface area is 116 Å². The summed E-state index contributed by atoms with van der Waals surface area (Å²) in [6, 6.07) is 0.811. The second-order valence-electron chi connectivity index (χ2n) is 3.95. The van der Waals surface area contributed by atoms with Gasteiger partial charge in [0.05, 0.1) is 12.7 Å². The lowest BCUT2D eigenvalue weighted by atomic mass is 10.3. The highest BCUT2D eigenvalue weighted by molar-refractivity contribution is 6.03. The topological polar surface area (TPSA) is 81.9 Å². The molecule has 0 saturated carbocycles. The van der Waals surface area contributed by atoms with Crippen LogP contribution in [0.15, 0.2) is 18.5 Å². The molecule has 1 amide bonds. The Morgan fingerprint density at radius 3 is 2.43 bits per heavy atom. The molecule has 0 unspecified atom stereocenters. The second kappa shape index (κ2) is 5.38. The minimum Gasteiger partial charge on any atom is -0.467 e. The molecule has 0 bridgehead atoms. The van der Waals surface area contributed by atoms with E-state index >= 15 is 0 Å². The lowest BCUT2D eigenvalue weighted by Crippen LogP contribution is -2.13. The quantitative estimate of drug-likeness (QED) is 0.928. The molecule has 0 aromatic carbocycles. The van der Waals surface area contributed by atoms with Crippen molar-refractivity contribution in [1.82, 2.24) is 19.7 Å². The minimum atomic E-state index is -4.55. The largest absolute Gasteiger partial charge is 0.467 e. The van der Waals surface area contributed by atoms with Gasteiger partial charge in [-0.05, 0) is 0 Å². The molecule has 2 aromatic heterocycles. The van der Waals surface area contributed by atoms with Gasteiger partial charge >= 0.3 is 12.2 Å². The van der Waals surface area contributed by atoms with Crippen molar-refractivity contribution in [3.05, 3.63) is 29.7 Å². The molecule has 0 aliphatic carbocycles. The number of aromatic nitrogens is 4. The molecule has 0 saturated heterocycles. The number of hydrogen-bond acceptors (Lipinski definition) is 5. The summed E-state index contributed by atoms with van der Waals surface area (Å²) in [6.45, 7) is 0. The molecular formula is C11H10F3N5O2. The van der Waals surface area contributed by atoms with Gasteiger partial charge in [0.15, 0.2) is 5.82 Å². The van der Waals surface area contributed by atoms with Crippen molar-refractivity contribution in [2.45, 2.75) is 6.18 Å². The highest BCUT2D eigenvalue weighted by atomic mass is 19.4. The molecule has 10 heteroatoms. The molecule has 2 rings (SSSR count). The molecule has 0 aliphatic heterocycles. The summed E-state index contributed by atoms with van der Waals surface area (Å²) < 4.78 is 43.2. The Bertz CT molecular complexity index is 651. The number of aryl methyl sites for hydroxylation is 1. The fourth-order valence-electron chi connectivity index (χ4n) is 1.52. The van der Waals surface area contributed by atoms with Crippen LogP contribution in [0.5, 0.6) is 6.01 Å². The summed E-state index contributed by atoms with van der Waals surface area (Å²) in [5, 5.41) is 5.81. The van der Waals surface area contributed by atoms with Gasteiger partial charge in [0.25, 0.3) is 5.91 Å². The molecule has 0 fully saturated rings. The van der Waals surface area contributed by atoms with Crippen LogP contribution in [0.3, 0.4) is 0 Å². The molecular weight excluding hydrogens is 291 g/mol. The molecule has 0 atom stereocenters. The zero-order chi connectivity index (χ0) is 15.6. The Kier molecular flexibility index (Phi) is 3.78. The van der Waals surface area contributed by atoms with E-state index in [1.807, 2.05) is 0 Å². The number of amides is 1.